The van der Waals surface area contributed by atoms with Gasteiger partial charge < -0.3 is 4.90 Å². The van der Waals surface area contributed by atoms with Crippen molar-refractivity contribution >= 4 is 76.1 Å². The summed E-state index contributed by atoms with van der Waals surface area (Å²) in [4.78, 5) is 2.37. The maximum Gasteiger partial charge on any atom is 0.0713 e. The quantitative estimate of drug-likeness (QED) is 0.104. The van der Waals surface area contributed by atoms with E-state index in [1.807, 2.05) is 0 Å². The fourth-order valence-corrected chi connectivity index (χ4v) is 19.4. The first kappa shape index (κ1) is 73.9. The van der Waals surface area contributed by atoms with Crippen molar-refractivity contribution in [2.24, 2.45) is 0 Å². The van der Waals surface area contributed by atoms with Gasteiger partial charge in [0.05, 0.1) is 10.8 Å². The average molecular weight is 1570 g/mol. The molecule has 22 rings (SSSR count). The van der Waals surface area contributed by atoms with Gasteiger partial charge in [-0.15, -0.1) is 0 Å². The van der Waals surface area contributed by atoms with Crippen LogP contribution >= 0.6 is 15.9 Å². The minimum absolute atomic E-state index is 0. The average Bonchev–Trinajstić information content (AvgIpc) is 1.53. The van der Waals surface area contributed by atoms with Crippen molar-refractivity contribution in [1.82, 2.24) is 0 Å². The Hall–Kier alpha value is -14.3. The number of para-hydroxylation sites is 1. The van der Waals surface area contributed by atoms with Crippen LogP contribution in [0.15, 0.2) is 478 Å². The van der Waals surface area contributed by atoms with E-state index in [9.17, 15) is 0 Å². The minimum atomic E-state index is -0.437. The molecule has 560 valence electrons. The summed E-state index contributed by atoms with van der Waals surface area (Å²) in [6, 6.07) is 172. The van der Waals surface area contributed by atoms with Crippen LogP contribution in [0.5, 0.6) is 0 Å². The van der Waals surface area contributed by atoms with Gasteiger partial charge in [-0.05, 0) is 220 Å². The van der Waals surface area contributed by atoms with Gasteiger partial charge >= 0.3 is 0 Å². The number of halogens is 1. The number of nitrogens with zero attached hydrogens (tertiary/aromatic N) is 1. The van der Waals surface area contributed by atoms with Crippen molar-refractivity contribution in [3.63, 3.8) is 0 Å². The van der Waals surface area contributed by atoms with E-state index in [4.69, 9.17) is 0 Å². The van der Waals surface area contributed by atoms with Crippen LogP contribution in [-0.2, 0) is 17.3 Å². The standard InChI is InChI=1S/C57H39N.C32H24.C26H17Br.CH4/c1-4-18-40(19-5-1)55-49-26-10-12-28-51(49)56(52-29-13-11-27-50(52)55)41-32-36-45(37-33-41)58(44-22-8-3-9-23-44)46-38-34-43(35-39-46)57(42-20-6-2-7-21-42)53-30-16-14-24-47(53)48-25-15-17-31-54(48)57;1-3-11-24(12-4-1)23-25-19-21-27(22-20-25)32(26-13-5-2-6-14-26)30-17-9-7-15-28(30)29-16-8-10-18-31(29)32;27-20-16-14-19(15-17-20)26-23-12-6-4-10-21(23)25(18-8-2-1-3-9-18)22-11-5-7-13-24(22)26;/h1-39H;1-22H,23H2;1-17H;1H4. The predicted octanol–water partition coefficient (Wildman–Crippen LogP) is 31.5. The second kappa shape index (κ2) is 32.2. The molecule has 0 atom stereocenters. The molecule has 2 heteroatoms. The van der Waals surface area contributed by atoms with Crippen molar-refractivity contribution in [3.05, 3.63) is 533 Å². The Morgan fingerprint density at radius 2 is 0.407 bits per heavy atom. The van der Waals surface area contributed by atoms with E-state index >= 15 is 0 Å². The molecule has 0 saturated heterocycles. The molecule has 0 unspecified atom stereocenters. The van der Waals surface area contributed by atoms with Crippen molar-refractivity contribution < 1.29 is 0 Å². The molecule has 0 heterocycles. The van der Waals surface area contributed by atoms with Crippen LogP contribution in [0.3, 0.4) is 0 Å². The molecule has 0 bridgehead atoms. The van der Waals surface area contributed by atoms with Gasteiger partial charge in [0.15, 0.2) is 0 Å². The maximum atomic E-state index is 3.56. The zero-order valence-corrected chi connectivity index (χ0v) is 66.2. The SMILES string of the molecule is Brc1ccc(-c2c3ccccc3c(-c3ccccc3)c3ccccc23)cc1.C.c1ccc(-c2c3ccccc3c(-c3ccc(N(c4ccccc4)c4ccc(C5(c6ccccc6)c6ccccc6-c6ccccc65)cc4)cc3)c3ccccc23)cc1.c1ccc(Cc2ccc(C3(c4ccccc4)c4ccccc4-c4ccccc43)cc2)cc1. The van der Waals surface area contributed by atoms with Gasteiger partial charge in [0.2, 0.25) is 0 Å². The zero-order chi connectivity index (χ0) is 78.1. The van der Waals surface area contributed by atoms with Gasteiger partial charge in [0.25, 0.3) is 0 Å². The summed E-state index contributed by atoms with van der Waals surface area (Å²) < 4.78 is 1.10. The molecule has 0 radical (unpaired) electrons. The molecule has 118 heavy (non-hydrogen) atoms. The maximum absolute atomic E-state index is 3.56. The third-order valence-corrected chi connectivity index (χ3v) is 24.6. The van der Waals surface area contributed by atoms with Gasteiger partial charge in [-0.1, -0.05) is 448 Å². The summed E-state index contributed by atoms with van der Waals surface area (Å²) in [6.07, 6.45) is 0.951. The van der Waals surface area contributed by atoms with E-state index in [-0.39, 0.29) is 12.8 Å². The zero-order valence-electron chi connectivity index (χ0n) is 64.6. The van der Waals surface area contributed by atoms with Crippen molar-refractivity contribution in [1.29, 1.82) is 0 Å². The summed E-state index contributed by atoms with van der Waals surface area (Å²) in [5.41, 5.74) is 31.1. The first-order valence-electron chi connectivity index (χ1n) is 40.4. The Labute approximate surface area is 700 Å². The Bertz CT molecular complexity index is 6760. The van der Waals surface area contributed by atoms with Gasteiger partial charge in [0.1, 0.15) is 0 Å². The Morgan fingerprint density at radius 3 is 0.737 bits per heavy atom. The Kier molecular flexibility index (Phi) is 20.1. The Balaban J connectivity index is 0.000000129. The first-order chi connectivity index (χ1) is 58.0. The van der Waals surface area contributed by atoms with Crippen molar-refractivity contribution in [2.75, 3.05) is 4.90 Å². The molecule has 0 aromatic heterocycles. The van der Waals surface area contributed by atoms with E-state index in [1.165, 1.54) is 165 Å². The highest BCUT2D eigenvalue weighted by atomic mass is 79.9. The topological polar surface area (TPSA) is 3.24 Å². The van der Waals surface area contributed by atoms with Crippen LogP contribution in [0.25, 0.3) is 110 Å². The van der Waals surface area contributed by atoms with Gasteiger partial charge in [-0.3, -0.25) is 0 Å². The van der Waals surface area contributed by atoms with Gasteiger partial charge in [-0.2, -0.15) is 0 Å². The highest BCUT2D eigenvalue weighted by Crippen LogP contribution is 2.59. The van der Waals surface area contributed by atoms with Crippen LogP contribution in [0, 0.1) is 0 Å². The molecule has 2 aliphatic rings. The van der Waals surface area contributed by atoms with Gasteiger partial charge in [0, 0.05) is 21.5 Å². The lowest BCUT2D eigenvalue weighted by Gasteiger charge is -2.34. The highest BCUT2D eigenvalue weighted by molar-refractivity contribution is 9.10. The molecule has 0 saturated carbocycles. The second-order valence-electron chi connectivity index (χ2n) is 30.5. The lowest BCUT2D eigenvalue weighted by atomic mass is 9.67. The van der Waals surface area contributed by atoms with E-state index in [1.54, 1.807) is 0 Å². The van der Waals surface area contributed by atoms with E-state index in [0.717, 1.165) is 28.0 Å². The molecule has 20 aromatic carbocycles. The normalized spacial score (nSPS) is 12.4. The van der Waals surface area contributed by atoms with Crippen LogP contribution < -0.4 is 4.90 Å². The first-order valence-corrected chi connectivity index (χ1v) is 41.2. The molecule has 0 fully saturated rings. The monoisotopic (exact) mass is 1570 g/mol. The third-order valence-electron chi connectivity index (χ3n) is 24.1. The lowest BCUT2D eigenvalue weighted by Crippen LogP contribution is -2.28. The van der Waals surface area contributed by atoms with Crippen LogP contribution in [0.2, 0.25) is 0 Å². The summed E-state index contributed by atoms with van der Waals surface area (Å²) in [7, 11) is 0. The number of rotatable bonds is 13. The van der Waals surface area contributed by atoms with E-state index in [0.29, 0.717) is 0 Å². The summed E-state index contributed by atoms with van der Waals surface area (Å²) in [6.45, 7) is 0. The largest absolute Gasteiger partial charge is 0.311 e. The molecular weight excluding hydrogens is 1490 g/mol. The Morgan fingerprint density at radius 1 is 0.186 bits per heavy atom. The fourth-order valence-electron chi connectivity index (χ4n) is 19.1. The molecular formula is C116H84BrN. The number of hydrogen-bond donors (Lipinski definition) is 0. The second-order valence-corrected chi connectivity index (χ2v) is 31.4. The number of anilines is 3. The molecule has 0 spiro atoms. The minimum Gasteiger partial charge on any atom is -0.311 e. The third kappa shape index (κ3) is 13.0. The van der Waals surface area contributed by atoms with Crippen LogP contribution in [0.1, 0.15) is 63.1 Å². The van der Waals surface area contributed by atoms with Crippen LogP contribution in [0.4, 0.5) is 17.1 Å². The lowest BCUT2D eigenvalue weighted by molar-refractivity contribution is 0.767. The number of fused-ring (bicyclic) bond motifs is 10. The predicted molar refractivity (Wildman–Crippen MR) is 504 cm³/mol. The molecule has 2 aliphatic carbocycles. The smallest absolute Gasteiger partial charge is 0.0713 e. The summed E-state index contributed by atoms with van der Waals surface area (Å²) in [5, 5.41) is 10.2. The number of benzene rings is 20. The molecule has 0 N–H and O–H groups in total. The van der Waals surface area contributed by atoms with Gasteiger partial charge in [-0.25, -0.2) is 0 Å². The molecule has 0 amide bonds. The van der Waals surface area contributed by atoms with Crippen LogP contribution in [-0.4, -0.2) is 0 Å². The van der Waals surface area contributed by atoms with E-state index < -0.39 is 5.41 Å². The summed E-state index contributed by atoms with van der Waals surface area (Å²) in [5.74, 6) is 0. The van der Waals surface area contributed by atoms with E-state index in [2.05, 4.69) is 494 Å². The number of hydrogen-bond acceptors (Lipinski definition) is 1. The van der Waals surface area contributed by atoms with Crippen molar-refractivity contribution in [2.45, 2.75) is 24.7 Å². The molecule has 1 nitrogen and oxygen atoms in total. The molecule has 20 aromatic rings. The molecule has 0 aliphatic heterocycles. The van der Waals surface area contributed by atoms with Crippen molar-refractivity contribution in [3.8, 4) is 66.8 Å². The summed E-state index contributed by atoms with van der Waals surface area (Å²) >= 11 is 3.56. The highest BCUT2D eigenvalue weighted by Gasteiger charge is 2.47. The fraction of sp³-hybridized carbons (Fsp3) is 0.0345.